The van der Waals surface area contributed by atoms with Crippen molar-refractivity contribution < 1.29 is 0 Å². The molecular weight excluding hydrogens is 182 g/mol. The van der Waals surface area contributed by atoms with Crippen LogP contribution in [0.1, 0.15) is 18.5 Å². The molecule has 0 saturated heterocycles. The highest BCUT2D eigenvalue weighted by molar-refractivity contribution is 6.30. The van der Waals surface area contributed by atoms with Crippen molar-refractivity contribution in [2.24, 2.45) is 11.8 Å². The van der Waals surface area contributed by atoms with Crippen molar-refractivity contribution in [2.75, 3.05) is 0 Å². The van der Waals surface area contributed by atoms with Crippen LogP contribution in [-0.4, -0.2) is 4.98 Å². The van der Waals surface area contributed by atoms with Gasteiger partial charge in [-0.1, -0.05) is 17.7 Å². The molecule has 66 valence electrons. The minimum absolute atomic E-state index is 0.784. The van der Waals surface area contributed by atoms with E-state index < -0.39 is 0 Å². The molecule has 1 aromatic heterocycles. The van der Waals surface area contributed by atoms with Crippen molar-refractivity contribution in [2.45, 2.75) is 12.8 Å². The first-order valence-electron chi connectivity index (χ1n) is 4.65. The van der Waals surface area contributed by atoms with Gasteiger partial charge in [0, 0.05) is 11.2 Å². The molecule has 1 aromatic rings. The fraction of sp³-hybridized carbons (Fsp3) is 0.364. The van der Waals surface area contributed by atoms with Crippen molar-refractivity contribution in [3.63, 3.8) is 0 Å². The minimum Gasteiger partial charge on any atom is -0.257 e. The van der Waals surface area contributed by atoms with Gasteiger partial charge in [0.15, 0.2) is 0 Å². The summed E-state index contributed by atoms with van der Waals surface area (Å²) in [5, 5.41) is 0.784. The number of fused-ring (bicyclic) bond motifs is 1. The number of allylic oxidation sites excluding steroid dienone is 2. The van der Waals surface area contributed by atoms with Gasteiger partial charge < -0.3 is 0 Å². The van der Waals surface area contributed by atoms with Gasteiger partial charge in [0.1, 0.15) is 0 Å². The number of nitrogens with zero attached hydrogens (tertiary/aromatic N) is 1. The SMILES string of the molecule is Clc1ccnc(C2=CC3CC3C2)c1. The van der Waals surface area contributed by atoms with Crippen LogP contribution in [-0.2, 0) is 0 Å². The largest absolute Gasteiger partial charge is 0.257 e. The molecule has 2 heteroatoms. The second-order valence-corrected chi connectivity index (χ2v) is 4.35. The Hall–Kier alpha value is -0.820. The Labute approximate surface area is 82.4 Å². The second kappa shape index (κ2) is 2.58. The summed E-state index contributed by atoms with van der Waals surface area (Å²) < 4.78 is 0. The van der Waals surface area contributed by atoms with Gasteiger partial charge in [0.2, 0.25) is 0 Å². The summed E-state index contributed by atoms with van der Waals surface area (Å²) in [6.45, 7) is 0. The molecule has 2 unspecified atom stereocenters. The van der Waals surface area contributed by atoms with E-state index in [4.69, 9.17) is 11.6 Å². The van der Waals surface area contributed by atoms with Crippen molar-refractivity contribution >= 4 is 17.2 Å². The van der Waals surface area contributed by atoms with E-state index in [0.29, 0.717) is 0 Å². The maximum Gasteiger partial charge on any atom is 0.0673 e. The van der Waals surface area contributed by atoms with Gasteiger partial charge in [-0.2, -0.15) is 0 Å². The Kier molecular flexibility index (Phi) is 1.50. The van der Waals surface area contributed by atoms with Crippen LogP contribution in [0, 0.1) is 11.8 Å². The molecule has 1 nitrogen and oxygen atoms in total. The van der Waals surface area contributed by atoms with Crippen molar-refractivity contribution in [3.8, 4) is 0 Å². The number of halogens is 1. The Balaban J connectivity index is 1.96. The van der Waals surface area contributed by atoms with Crippen LogP contribution in [0.15, 0.2) is 24.4 Å². The van der Waals surface area contributed by atoms with Crippen molar-refractivity contribution in [1.82, 2.24) is 4.98 Å². The summed E-state index contributed by atoms with van der Waals surface area (Å²) in [4.78, 5) is 4.32. The first-order valence-corrected chi connectivity index (χ1v) is 5.03. The molecule has 2 atom stereocenters. The van der Waals surface area contributed by atoms with Gasteiger partial charge in [-0.05, 0) is 42.4 Å². The third-order valence-corrected chi connectivity index (χ3v) is 3.16. The molecule has 0 N–H and O–H groups in total. The van der Waals surface area contributed by atoms with E-state index in [0.717, 1.165) is 22.6 Å². The molecule has 1 saturated carbocycles. The van der Waals surface area contributed by atoms with Crippen LogP contribution < -0.4 is 0 Å². The molecule has 2 aliphatic rings. The Bertz CT molecular complexity index is 383. The lowest BCUT2D eigenvalue weighted by Crippen LogP contribution is -1.87. The normalized spacial score (nSPS) is 29.8. The zero-order chi connectivity index (χ0) is 8.84. The first-order chi connectivity index (χ1) is 6.33. The van der Waals surface area contributed by atoms with Crippen LogP contribution in [0.3, 0.4) is 0 Å². The lowest BCUT2D eigenvalue weighted by atomic mass is 10.1. The van der Waals surface area contributed by atoms with E-state index >= 15 is 0 Å². The molecule has 0 bridgehead atoms. The average Bonchev–Trinajstić information content (AvgIpc) is 2.74. The number of aromatic nitrogens is 1. The molecule has 1 heterocycles. The molecule has 0 radical (unpaired) electrons. The predicted octanol–water partition coefficient (Wildman–Crippen LogP) is 3.16. The Morgan fingerprint density at radius 2 is 2.38 bits per heavy atom. The number of pyridine rings is 1. The lowest BCUT2D eigenvalue weighted by Gasteiger charge is -2.02. The second-order valence-electron chi connectivity index (χ2n) is 3.91. The highest BCUT2D eigenvalue weighted by Gasteiger charge is 2.41. The van der Waals surface area contributed by atoms with E-state index in [-0.39, 0.29) is 0 Å². The highest BCUT2D eigenvalue weighted by Crippen LogP contribution is 2.52. The molecule has 0 aliphatic heterocycles. The average molecular weight is 192 g/mol. The van der Waals surface area contributed by atoms with Crippen LogP contribution in [0.2, 0.25) is 5.02 Å². The first kappa shape index (κ1) is 7.57. The number of hydrogen-bond acceptors (Lipinski definition) is 1. The maximum absolute atomic E-state index is 5.90. The topological polar surface area (TPSA) is 12.9 Å². The standard InChI is InChI=1S/C11H10ClN/c12-10-1-2-13-11(6-10)9-4-7-3-8(7)5-9/h1-2,4,6-8H,3,5H2. The third-order valence-electron chi connectivity index (χ3n) is 2.93. The summed E-state index contributed by atoms with van der Waals surface area (Å²) in [6.07, 6.45) is 6.74. The zero-order valence-corrected chi connectivity index (χ0v) is 7.96. The summed E-state index contributed by atoms with van der Waals surface area (Å²) >= 11 is 5.90. The highest BCUT2D eigenvalue weighted by atomic mass is 35.5. The number of hydrogen-bond donors (Lipinski definition) is 0. The van der Waals surface area contributed by atoms with E-state index in [1.807, 2.05) is 12.1 Å². The maximum atomic E-state index is 5.90. The van der Waals surface area contributed by atoms with Gasteiger partial charge in [-0.15, -0.1) is 0 Å². The molecule has 0 spiro atoms. The van der Waals surface area contributed by atoms with Gasteiger partial charge in [-0.3, -0.25) is 4.98 Å². The van der Waals surface area contributed by atoms with Crippen LogP contribution >= 0.6 is 11.6 Å². The Morgan fingerprint density at radius 1 is 1.46 bits per heavy atom. The van der Waals surface area contributed by atoms with Gasteiger partial charge in [0.05, 0.1) is 5.69 Å². The molecule has 0 amide bonds. The molecule has 13 heavy (non-hydrogen) atoms. The summed E-state index contributed by atoms with van der Waals surface area (Å²) in [7, 11) is 0. The molecular formula is C11H10ClN. The summed E-state index contributed by atoms with van der Waals surface area (Å²) in [6, 6.07) is 3.78. The van der Waals surface area contributed by atoms with Crippen LogP contribution in [0.5, 0.6) is 0 Å². The predicted molar refractivity (Wildman–Crippen MR) is 53.4 cm³/mol. The fourth-order valence-corrected chi connectivity index (χ4v) is 2.25. The molecule has 0 aromatic carbocycles. The molecule has 1 fully saturated rings. The molecule has 3 rings (SSSR count). The van der Waals surface area contributed by atoms with Gasteiger partial charge in [0.25, 0.3) is 0 Å². The molecule has 2 aliphatic carbocycles. The van der Waals surface area contributed by atoms with Gasteiger partial charge >= 0.3 is 0 Å². The van der Waals surface area contributed by atoms with E-state index in [9.17, 15) is 0 Å². The lowest BCUT2D eigenvalue weighted by molar-refractivity contribution is 0.860. The smallest absolute Gasteiger partial charge is 0.0673 e. The summed E-state index contributed by atoms with van der Waals surface area (Å²) in [5.41, 5.74) is 2.46. The zero-order valence-electron chi connectivity index (χ0n) is 7.20. The van der Waals surface area contributed by atoms with E-state index in [1.54, 1.807) is 6.20 Å². The van der Waals surface area contributed by atoms with Crippen LogP contribution in [0.4, 0.5) is 0 Å². The van der Waals surface area contributed by atoms with E-state index in [1.165, 1.54) is 18.4 Å². The summed E-state index contributed by atoms with van der Waals surface area (Å²) in [5.74, 6) is 1.78. The quantitative estimate of drug-likeness (QED) is 0.665. The monoisotopic (exact) mass is 191 g/mol. The fourth-order valence-electron chi connectivity index (χ4n) is 2.09. The van der Waals surface area contributed by atoms with Crippen LogP contribution in [0.25, 0.3) is 5.57 Å². The van der Waals surface area contributed by atoms with Gasteiger partial charge in [-0.25, -0.2) is 0 Å². The van der Waals surface area contributed by atoms with E-state index in [2.05, 4.69) is 11.1 Å². The third kappa shape index (κ3) is 1.28. The van der Waals surface area contributed by atoms with Crippen molar-refractivity contribution in [1.29, 1.82) is 0 Å². The minimum atomic E-state index is 0.784. The van der Waals surface area contributed by atoms with Crippen molar-refractivity contribution in [3.05, 3.63) is 35.1 Å². The number of rotatable bonds is 1. The Morgan fingerprint density at radius 3 is 3.08 bits per heavy atom.